The van der Waals surface area contributed by atoms with Gasteiger partial charge in [0.15, 0.2) is 0 Å². The maximum absolute atomic E-state index is 11.9. The van der Waals surface area contributed by atoms with Crippen LogP contribution in [0, 0.1) is 0 Å². The van der Waals surface area contributed by atoms with Crippen LogP contribution in [0.3, 0.4) is 0 Å². The second-order valence-corrected chi connectivity index (χ2v) is 5.01. The summed E-state index contributed by atoms with van der Waals surface area (Å²) in [4.78, 5) is 23.0. The lowest BCUT2D eigenvalue weighted by Crippen LogP contribution is -2.43. The van der Waals surface area contributed by atoms with Gasteiger partial charge >= 0.3 is 12.0 Å². The predicted molar refractivity (Wildman–Crippen MR) is 80.6 cm³/mol. The Balaban J connectivity index is 2.70. The summed E-state index contributed by atoms with van der Waals surface area (Å²) in [5.74, 6) is -0.829. The molecule has 1 aromatic rings. The van der Waals surface area contributed by atoms with E-state index < -0.39 is 18.0 Å². The van der Waals surface area contributed by atoms with Crippen LogP contribution in [-0.2, 0) is 9.53 Å². The summed E-state index contributed by atoms with van der Waals surface area (Å²) >= 11 is 0. The molecule has 0 saturated carbocycles. The summed E-state index contributed by atoms with van der Waals surface area (Å²) in [6.07, 6.45) is 0.213. The number of ether oxygens (including phenoxy) is 1. The minimum Gasteiger partial charge on any atom is -0.480 e. The number of anilines is 1. The summed E-state index contributed by atoms with van der Waals surface area (Å²) in [5, 5.41) is 14.2. The molecule has 0 fully saturated rings. The molecule has 0 aliphatic carbocycles. The van der Waals surface area contributed by atoms with Gasteiger partial charge in [0, 0.05) is 25.8 Å². The molecule has 0 heterocycles. The van der Waals surface area contributed by atoms with Gasteiger partial charge in [-0.05, 0) is 17.5 Å². The third-order valence-corrected chi connectivity index (χ3v) is 3.05. The Kier molecular flexibility index (Phi) is 6.68. The summed E-state index contributed by atoms with van der Waals surface area (Å²) < 4.78 is 4.84. The number of hydrogen-bond donors (Lipinski definition) is 3. The van der Waals surface area contributed by atoms with Crippen LogP contribution in [0.15, 0.2) is 24.3 Å². The van der Waals surface area contributed by atoms with Gasteiger partial charge in [-0.25, -0.2) is 9.59 Å². The van der Waals surface area contributed by atoms with Crippen molar-refractivity contribution < 1.29 is 19.4 Å². The van der Waals surface area contributed by atoms with Crippen molar-refractivity contribution in [3.63, 3.8) is 0 Å². The Hall–Kier alpha value is -2.08. The van der Waals surface area contributed by atoms with Crippen molar-refractivity contribution in [1.29, 1.82) is 0 Å². The summed E-state index contributed by atoms with van der Waals surface area (Å²) in [6, 6.07) is 5.93. The smallest absolute Gasteiger partial charge is 0.326 e. The highest BCUT2D eigenvalue weighted by atomic mass is 16.5. The topological polar surface area (TPSA) is 87.7 Å². The lowest BCUT2D eigenvalue weighted by molar-refractivity contribution is -0.139. The number of urea groups is 1. The Morgan fingerprint density at radius 2 is 1.95 bits per heavy atom. The number of carbonyl (C=O) groups excluding carboxylic acids is 1. The van der Waals surface area contributed by atoms with E-state index in [9.17, 15) is 9.59 Å². The van der Waals surface area contributed by atoms with Gasteiger partial charge in [-0.1, -0.05) is 32.0 Å². The molecule has 3 N–H and O–H groups in total. The Labute approximate surface area is 124 Å². The van der Waals surface area contributed by atoms with E-state index >= 15 is 0 Å². The molecule has 6 heteroatoms. The monoisotopic (exact) mass is 294 g/mol. The van der Waals surface area contributed by atoms with E-state index in [0.717, 1.165) is 5.56 Å². The quantitative estimate of drug-likeness (QED) is 0.720. The maximum atomic E-state index is 11.9. The number of para-hydroxylation sites is 1. The van der Waals surface area contributed by atoms with Crippen molar-refractivity contribution in [3.05, 3.63) is 29.8 Å². The van der Waals surface area contributed by atoms with Crippen LogP contribution in [0.4, 0.5) is 10.5 Å². The third kappa shape index (κ3) is 5.43. The predicted octanol–water partition coefficient (Wildman–Crippen LogP) is 2.42. The standard InChI is InChI=1S/C15H22N2O4/c1-10(2)11-6-4-5-7-12(11)16-15(20)17-13(14(18)19)8-9-21-3/h4-7,10,13H,8-9H2,1-3H3,(H,18,19)(H2,16,17,20). The molecular weight excluding hydrogens is 272 g/mol. The number of hydrogen-bond acceptors (Lipinski definition) is 3. The first-order valence-electron chi connectivity index (χ1n) is 6.84. The number of nitrogens with one attached hydrogen (secondary N) is 2. The van der Waals surface area contributed by atoms with Crippen molar-refractivity contribution >= 4 is 17.7 Å². The van der Waals surface area contributed by atoms with E-state index in [1.165, 1.54) is 7.11 Å². The lowest BCUT2D eigenvalue weighted by Gasteiger charge is -2.17. The molecule has 0 spiro atoms. The van der Waals surface area contributed by atoms with Gasteiger partial charge < -0.3 is 20.5 Å². The van der Waals surface area contributed by atoms with E-state index in [2.05, 4.69) is 10.6 Å². The average molecular weight is 294 g/mol. The number of carbonyl (C=O) groups is 2. The highest BCUT2D eigenvalue weighted by Crippen LogP contribution is 2.23. The van der Waals surface area contributed by atoms with Gasteiger partial charge in [-0.15, -0.1) is 0 Å². The highest BCUT2D eigenvalue weighted by molar-refractivity contribution is 5.92. The van der Waals surface area contributed by atoms with Crippen molar-refractivity contribution in [3.8, 4) is 0 Å². The molecule has 1 rings (SSSR count). The van der Waals surface area contributed by atoms with Crippen LogP contribution >= 0.6 is 0 Å². The maximum Gasteiger partial charge on any atom is 0.326 e. The number of aliphatic carboxylic acids is 1. The zero-order chi connectivity index (χ0) is 15.8. The fourth-order valence-corrected chi connectivity index (χ4v) is 1.92. The highest BCUT2D eigenvalue weighted by Gasteiger charge is 2.20. The number of carboxylic acids is 1. The number of methoxy groups -OCH3 is 1. The molecule has 0 aliphatic heterocycles. The first-order chi connectivity index (χ1) is 9.95. The molecule has 0 aliphatic rings. The fourth-order valence-electron chi connectivity index (χ4n) is 1.92. The minimum atomic E-state index is -1.08. The van der Waals surface area contributed by atoms with Crippen LogP contribution in [-0.4, -0.2) is 36.9 Å². The molecule has 0 radical (unpaired) electrons. The van der Waals surface area contributed by atoms with Crippen LogP contribution < -0.4 is 10.6 Å². The van der Waals surface area contributed by atoms with Gasteiger partial charge in [-0.2, -0.15) is 0 Å². The van der Waals surface area contributed by atoms with E-state index in [1.54, 1.807) is 6.07 Å². The molecule has 1 aromatic carbocycles. The lowest BCUT2D eigenvalue weighted by atomic mass is 10.0. The van der Waals surface area contributed by atoms with E-state index in [1.807, 2.05) is 32.0 Å². The van der Waals surface area contributed by atoms with Gasteiger partial charge in [0.25, 0.3) is 0 Å². The molecule has 0 saturated heterocycles. The molecule has 0 aromatic heterocycles. The van der Waals surface area contributed by atoms with Crippen LogP contribution in [0.2, 0.25) is 0 Å². The molecule has 6 nitrogen and oxygen atoms in total. The molecule has 21 heavy (non-hydrogen) atoms. The minimum absolute atomic E-state index is 0.213. The van der Waals surface area contributed by atoms with Crippen molar-refractivity contribution in [1.82, 2.24) is 5.32 Å². The molecule has 0 bridgehead atoms. The molecule has 116 valence electrons. The first kappa shape index (κ1) is 17.0. The second-order valence-electron chi connectivity index (χ2n) is 5.01. The Morgan fingerprint density at radius 1 is 1.29 bits per heavy atom. The van der Waals surface area contributed by atoms with Crippen molar-refractivity contribution in [2.45, 2.75) is 32.2 Å². The Bertz CT molecular complexity index is 488. The number of rotatable bonds is 7. The fraction of sp³-hybridized carbons (Fsp3) is 0.467. The molecule has 1 atom stereocenters. The third-order valence-electron chi connectivity index (χ3n) is 3.05. The van der Waals surface area contributed by atoms with E-state index in [0.29, 0.717) is 5.69 Å². The van der Waals surface area contributed by atoms with Gasteiger partial charge in [0.2, 0.25) is 0 Å². The average Bonchev–Trinajstić information content (AvgIpc) is 2.43. The van der Waals surface area contributed by atoms with E-state index in [-0.39, 0.29) is 18.9 Å². The summed E-state index contributed by atoms with van der Waals surface area (Å²) in [7, 11) is 1.48. The van der Waals surface area contributed by atoms with Crippen LogP contribution in [0.5, 0.6) is 0 Å². The summed E-state index contributed by atoms with van der Waals surface area (Å²) in [6.45, 7) is 4.31. The molecule has 1 unspecified atom stereocenters. The zero-order valence-electron chi connectivity index (χ0n) is 12.6. The van der Waals surface area contributed by atoms with E-state index in [4.69, 9.17) is 9.84 Å². The Morgan fingerprint density at radius 3 is 2.52 bits per heavy atom. The van der Waals surface area contributed by atoms with Crippen LogP contribution in [0.25, 0.3) is 0 Å². The normalized spacial score (nSPS) is 12.0. The van der Waals surface area contributed by atoms with Crippen LogP contribution in [0.1, 0.15) is 31.7 Å². The number of benzene rings is 1. The number of amides is 2. The van der Waals surface area contributed by atoms with Gasteiger partial charge in [0.05, 0.1) is 0 Å². The van der Waals surface area contributed by atoms with Gasteiger partial charge in [0.1, 0.15) is 6.04 Å². The first-order valence-corrected chi connectivity index (χ1v) is 6.84. The largest absolute Gasteiger partial charge is 0.480 e. The van der Waals surface area contributed by atoms with Crippen molar-refractivity contribution in [2.24, 2.45) is 0 Å². The molecule has 2 amide bonds. The zero-order valence-corrected chi connectivity index (χ0v) is 12.6. The van der Waals surface area contributed by atoms with Crippen molar-refractivity contribution in [2.75, 3.05) is 19.0 Å². The second kappa shape index (κ2) is 8.26. The SMILES string of the molecule is COCCC(NC(=O)Nc1ccccc1C(C)C)C(=O)O. The van der Waals surface area contributed by atoms with Gasteiger partial charge in [-0.3, -0.25) is 0 Å². The summed E-state index contributed by atoms with van der Waals surface area (Å²) in [5.41, 5.74) is 1.68. The number of carboxylic acid groups (broad SMARTS) is 1. The molecular formula is C15H22N2O4.